The number of benzene rings is 1. The van der Waals surface area contributed by atoms with Gasteiger partial charge in [-0.1, -0.05) is 31.6 Å². The van der Waals surface area contributed by atoms with E-state index in [1.165, 1.54) is 0 Å². The number of amides is 1. The van der Waals surface area contributed by atoms with Crippen LogP contribution in [0, 0.1) is 0 Å². The zero-order valence-corrected chi connectivity index (χ0v) is 23.3. The van der Waals surface area contributed by atoms with E-state index in [-0.39, 0.29) is 23.4 Å². The number of nitrogens with one attached hydrogen (secondary N) is 2. The third-order valence-corrected chi connectivity index (χ3v) is 7.79. The lowest BCUT2D eigenvalue weighted by molar-refractivity contribution is -0.0857. The van der Waals surface area contributed by atoms with Gasteiger partial charge in [-0.2, -0.15) is 13.2 Å². The van der Waals surface area contributed by atoms with Gasteiger partial charge in [-0.05, 0) is 68.0 Å². The van der Waals surface area contributed by atoms with E-state index in [1.54, 1.807) is 18.3 Å². The van der Waals surface area contributed by atoms with Crippen molar-refractivity contribution >= 4 is 17.9 Å². The van der Waals surface area contributed by atoms with E-state index >= 15 is 0 Å². The Morgan fingerprint density at radius 2 is 1.90 bits per heavy atom. The predicted octanol–water partition coefficient (Wildman–Crippen LogP) is 4.96. The number of carbonyl (C=O) groups excluding carboxylic acids is 1. The average Bonchev–Trinajstić information content (AvgIpc) is 2.93. The topological polar surface area (TPSA) is 122 Å². The van der Waals surface area contributed by atoms with Gasteiger partial charge in [-0.15, -0.1) is 0 Å². The molecule has 2 aromatic rings. The third kappa shape index (κ3) is 7.87. The molecule has 1 aliphatic heterocycles. The molecule has 1 saturated heterocycles. The Balaban J connectivity index is 1.43. The van der Waals surface area contributed by atoms with E-state index in [4.69, 9.17) is 11.5 Å². The van der Waals surface area contributed by atoms with Crippen LogP contribution in [0.2, 0.25) is 0 Å². The first kappa shape index (κ1) is 30.1. The molecule has 0 bridgehead atoms. The summed E-state index contributed by atoms with van der Waals surface area (Å²) >= 11 is 0. The predicted molar refractivity (Wildman–Crippen MR) is 156 cm³/mol. The summed E-state index contributed by atoms with van der Waals surface area (Å²) in [5.41, 5.74) is 11.6. The number of alkyl halides is 3. The zero-order valence-electron chi connectivity index (χ0n) is 23.3. The Morgan fingerprint density at radius 1 is 1.17 bits per heavy atom. The van der Waals surface area contributed by atoms with E-state index in [2.05, 4.69) is 34.1 Å². The second-order valence-electron chi connectivity index (χ2n) is 11.0. The van der Waals surface area contributed by atoms with Crippen molar-refractivity contribution in [2.45, 2.75) is 69.2 Å². The molecule has 0 spiro atoms. The fourth-order valence-corrected chi connectivity index (χ4v) is 5.67. The first-order valence-electron chi connectivity index (χ1n) is 13.8. The molecule has 6 N–H and O–H groups in total. The molecular weight excluding hydrogens is 531 g/mol. The number of nitrogens with zero attached hydrogens (tertiary/aromatic N) is 3. The fourth-order valence-electron chi connectivity index (χ4n) is 5.67. The Hall–Kier alpha value is -3.86. The van der Waals surface area contributed by atoms with Crippen molar-refractivity contribution in [3.8, 4) is 11.1 Å². The molecule has 1 aromatic heterocycles. The maximum absolute atomic E-state index is 13.0. The number of anilines is 1. The monoisotopic (exact) mass is 569 g/mol. The van der Waals surface area contributed by atoms with E-state index in [9.17, 15) is 18.0 Å². The Morgan fingerprint density at radius 3 is 2.61 bits per heavy atom. The molecule has 0 unspecified atom stereocenters. The minimum Gasteiger partial charge on any atom is -0.404 e. The number of hydrogen-bond donors (Lipinski definition) is 4. The maximum atomic E-state index is 13.0. The van der Waals surface area contributed by atoms with Gasteiger partial charge in [-0.3, -0.25) is 4.79 Å². The Kier molecular flexibility index (Phi) is 9.37. The lowest BCUT2D eigenvalue weighted by atomic mass is 9.84. The number of hydrogen-bond acceptors (Lipinski definition) is 7. The van der Waals surface area contributed by atoms with Gasteiger partial charge in [0.2, 0.25) is 5.91 Å². The van der Waals surface area contributed by atoms with Crippen LogP contribution in [0.1, 0.15) is 55.8 Å². The van der Waals surface area contributed by atoms with Gasteiger partial charge >= 0.3 is 6.18 Å². The largest absolute Gasteiger partial charge is 0.419 e. The number of aliphatic imine (C=N–C) groups is 1. The summed E-state index contributed by atoms with van der Waals surface area (Å²) in [7, 11) is 0. The van der Waals surface area contributed by atoms with Gasteiger partial charge in [0.05, 0.1) is 5.57 Å². The lowest BCUT2D eigenvalue weighted by Gasteiger charge is -2.46. The van der Waals surface area contributed by atoms with Crippen LogP contribution in [0.25, 0.3) is 11.1 Å². The van der Waals surface area contributed by atoms with Crippen molar-refractivity contribution in [3.05, 3.63) is 72.3 Å². The SMILES string of the molecule is C=C(N=C/C(=C\N)C(F)(F)F)N1CCC[C@](C)(N[C@@H]2CCCC[C@H]2Nc2cc(-c3cccc(C(N)=O)c3)ccn2)C1. The van der Waals surface area contributed by atoms with Crippen LogP contribution in [-0.2, 0) is 0 Å². The smallest absolute Gasteiger partial charge is 0.404 e. The number of halogens is 3. The third-order valence-electron chi connectivity index (χ3n) is 7.79. The molecule has 2 heterocycles. The summed E-state index contributed by atoms with van der Waals surface area (Å²) in [6, 6.07) is 11.4. The number of allylic oxidation sites excluding steroid dienone is 1. The first-order valence-corrected chi connectivity index (χ1v) is 13.8. The molecule has 1 amide bonds. The fraction of sp³-hybridized carbons (Fsp3) is 0.433. The number of piperidine rings is 1. The molecule has 3 atom stereocenters. The molecular formula is C30H38F3N7O. The highest BCUT2D eigenvalue weighted by Gasteiger charge is 2.37. The lowest BCUT2D eigenvalue weighted by Crippen LogP contribution is -2.61. The number of aromatic nitrogens is 1. The highest BCUT2D eigenvalue weighted by molar-refractivity contribution is 5.94. The van der Waals surface area contributed by atoms with E-state index in [0.29, 0.717) is 24.9 Å². The van der Waals surface area contributed by atoms with Gasteiger partial charge in [-0.25, -0.2) is 9.98 Å². The van der Waals surface area contributed by atoms with Gasteiger partial charge in [0.1, 0.15) is 11.6 Å². The van der Waals surface area contributed by atoms with Crippen molar-refractivity contribution in [2.75, 3.05) is 18.4 Å². The van der Waals surface area contributed by atoms with Crippen molar-refractivity contribution in [3.63, 3.8) is 0 Å². The molecule has 1 aliphatic carbocycles. The van der Waals surface area contributed by atoms with E-state index < -0.39 is 17.7 Å². The molecule has 220 valence electrons. The zero-order chi connectivity index (χ0) is 29.6. The number of primary amides is 1. The van der Waals surface area contributed by atoms with Crippen LogP contribution in [0.15, 0.2) is 71.8 Å². The maximum Gasteiger partial charge on any atom is 0.419 e. The highest BCUT2D eigenvalue weighted by Crippen LogP contribution is 2.30. The van der Waals surface area contributed by atoms with Crippen molar-refractivity contribution < 1.29 is 18.0 Å². The van der Waals surface area contributed by atoms with Gasteiger partial charge in [0.25, 0.3) is 0 Å². The van der Waals surface area contributed by atoms with E-state index in [0.717, 1.165) is 61.7 Å². The van der Waals surface area contributed by atoms with Crippen LogP contribution in [-0.4, -0.2) is 58.9 Å². The summed E-state index contributed by atoms with van der Waals surface area (Å²) < 4.78 is 39.1. The number of pyridine rings is 1. The molecule has 4 rings (SSSR count). The first-order chi connectivity index (χ1) is 19.5. The summed E-state index contributed by atoms with van der Waals surface area (Å²) in [5, 5.41) is 7.50. The van der Waals surface area contributed by atoms with Crippen molar-refractivity contribution in [1.29, 1.82) is 0 Å². The van der Waals surface area contributed by atoms with Crippen LogP contribution in [0.3, 0.4) is 0 Å². The summed E-state index contributed by atoms with van der Waals surface area (Å²) in [4.78, 5) is 22.1. The number of rotatable bonds is 9. The highest BCUT2D eigenvalue weighted by atomic mass is 19.4. The minimum atomic E-state index is -4.57. The number of carbonyl (C=O) groups is 1. The molecule has 0 radical (unpaired) electrons. The number of nitrogens with two attached hydrogens (primary N) is 2. The van der Waals surface area contributed by atoms with Crippen LogP contribution >= 0.6 is 0 Å². The van der Waals surface area contributed by atoms with Crippen molar-refractivity contribution in [2.24, 2.45) is 16.5 Å². The molecule has 41 heavy (non-hydrogen) atoms. The summed E-state index contributed by atoms with van der Waals surface area (Å²) in [6.45, 7) is 7.30. The van der Waals surface area contributed by atoms with Gasteiger partial charge in [0, 0.05) is 54.9 Å². The second kappa shape index (κ2) is 12.8. The molecule has 1 aromatic carbocycles. The van der Waals surface area contributed by atoms with E-state index in [1.807, 2.05) is 29.2 Å². The van der Waals surface area contributed by atoms with Crippen LogP contribution in [0.4, 0.5) is 19.0 Å². The quantitative estimate of drug-likeness (QED) is 0.317. The van der Waals surface area contributed by atoms with Crippen LogP contribution in [0.5, 0.6) is 0 Å². The standard InChI is InChI=1S/C30H38F3N7O/c1-20(37-18-24(17-34)30(31,32)33)40-14-6-12-29(2,19-40)39-26-10-4-3-9-25(26)38-27-16-22(11-13-36-27)21-7-5-8-23(15-21)28(35)41/h5,7-8,11,13,15-18,25-26,39H,1,3-4,6,9-10,12,14,19,34H2,2H3,(H2,35,41)(H,36,38)/b24-17+,37-18?/t25-,26-,29+/m1/s1. The molecule has 8 nitrogen and oxygen atoms in total. The Labute approximate surface area is 238 Å². The van der Waals surface area contributed by atoms with Gasteiger partial charge < -0.3 is 27.0 Å². The minimum absolute atomic E-state index is 0.140. The number of likely N-dealkylation sites (tertiary alicyclic amines) is 1. The summed E-state index contributed by atoms with van der Waals surface area (Å²) in [5.74, 6) is 0.553. The molecule has 1 saturated carbocycles. The normalized spacial score (nSPS) is 23.9. The average molecular weight is 570 g/mol. The van der Waals surface area contributed by atoms with Gasteiger partial charge in [0.15, 0.2) is 0 Å². The summed E-state index contributed by atoms with van der Waals surface area (Å²) in [6.07, 6.45) is 4.36. The molecule has 11 heteroatoms. The Bertz CT molecular complexity index is 1310. The van der Waals surface area contributed by atoms with Crippen molar-refractivity contribution in [1.82, 2.24) is 15.2 Å². The molecule has 2 fully saturated rings. The van der Waals surface area contributed by atoms with Crippen LogP contribution < -0.4 is 22.1 Å². The molecule has 2 aliphatic rings. The second-order valence-corrected chi connectivity index (χ2v) is 11.0.